The number of hydrogen-bond donors (Lipinski definition) is 0. The fraction of sp³-hybridized carbons (Fsp3) is 0.357. The highest BCUT2D eigenvalue weighted by atomic mass is 16.1. The lowest BCUT2D eigenvalue weighted by Crippen LogP contribution is -2.23. The predicted molar refractivity (Wildman–Crippen MR) is 74.0 cm³/mol. The van der Waals surface area contributed by atoms with Crippen LogP contribution in [0.2, 0.25) is 0 Å². The van der Waals surface area contributed by atoms with Gasteiger partial charge in [0.05, 0.1) is 10.9 Å². The molecule has 3 rings (SSSR count). The Morgan fingerprint density at radius 2 is 2.16 bits per heavy atom. The number of carbonyl (C=O) groups is 1. The zero-order valence-corrected chi connectivity index (χ0v) is 11.0. The van der Waals surface area contributed by atoms with E-state index in [1.54, 1.807) is 16.7 Å². The minimum atomic E-state index is -0.0530. The third-order valence-corrected chi connectivity index (χ3v) is 3.60. The van der Waals surface area contributed by atoms with E-state index >= 15 is 0 Å². The van der Waals surface area contributed by atoms with E-state index in [0.717, 1.165) is 24.9 Å². The Labute approximate surface area is 110 Å². The number of hydrogen-bond acceptors (Lipinski definition) is 4. The van der Waals surface area contributed by atoms with Gasteiger partial charge in [0.15, 0.2) is 6.29 Å². The van der Waals surface area contributed by atoms with E-state index < -0.39 is 0 Å². The maximum Gasteiger partial charge on any atom is 0.262 e. The Morgan fingerprint density at radius 1 is 1.37 bits per heavy atom. The number of anilines is 1. The molecule has 5 heteroatoms. The van der Waals surface area contributed by atoms with Crippen LogP contribution in [0.1, 0.15) is 22.8 Å². The first-order chi connectivity index (χ1) is 9.15. The van der Waals surface area contributed by atoms with Crippen molar-refractivity contribution >= 4 is 23.1 Å². The van der Waals surface area contributed by atoms with Crippen molar-refractivity contribution in [2.45, 2.75) is 20.4 Å². The molecule has 1 aromatic heterocycles. The Kier molecular flexibility index (Phi) is 2.62. The lowest BCUT2D eigenvalue weighted by atomic mass is 10.1. The first-order valence-electron chi connectivity index (χ1n) is 6.41. The Hall–Kier alpha value is -2.17. The fourth-order valence-electron chi connectivity index (χ4n) is 2.64. The summed E-state index contributed by atoms with van der Waals surface area (Å²) in [6.07, 6.45) is 0.768. The molecular weight excluding hydrogens is 242 g/mol. The van der Waals surface area contributed by atoms with Crippen molar-refractivity contribution in [1.82, 2.24) is 9.55 Å². The molecule has 0 fully saturated rings. The number of carbonyl (C=O) groups excluding carboxylic acids is 1. The topological polar surface area (TPSA) is 55.2 Å². The molecule has 98 valence electrons. The van der Waals surface area contributed by atoms with Gasteiger partial charge in [-0.05, 0) is 31.5 Å². The fourth-order valence-corrected chi connectivity index (χ4v) is 2.64. The summed E-state index contributed by atoms with van der Waals surface area (Å²) < 4.78 is 1.69. The van der Waals surface area contributed by atoms with Crippen molar-refractivity contribution in [3.63, 3.8) is 0 Å². The number of likely N-dealkylation sites (N-methyl/N-ethyl adjacent to an activating group) is 1. The minimum absolute atomic E-state index is 0.0530. The van der Waals surface area contributed by atoms with Crippen LogP contribution in [0, 0.1) is 6.92 Å². The highest BCUT2D eigenvalue weighted by Gasteiger charge is 2.22. The van der Waals surface area contributed by atoms with Gasteiger partial charge >= 0.3 is 0 Å². The summed E-state index contributed by atoms with van der Waals surface area (Å²) in [7, 11) is 0. The third-order valence-electron chi connectivity index (χ3n) is 3.60. The van der Waals surface area contributed by atoms with Crippen molar-refractivity contribution < 1.29 is 4.79 Å². The number of nitrogens with zero attached hydrogens (tertiary/aromatic N) is 3. The van der Waals surface area contributed by atoms with Crippen molar-refractivity contribution in [2.24, 2.45) is 0 Å². The van der Waals surface area contributed by atoms with Crippen LogP contribution in [-0.4, -0.2) is 28.9 Å². The second-order valence-corrected chi connectivity index (χ2v) is 4.82. The Bertz CT molecular complexity index is 734. The number of aldehydes is 1. The zero-order chi connectivity index (χ0) is 13.6. The van der Waals surface area contributed by atoms with Crippen molar-refractivity contribution in [2.75, 3.05) is 18.0 Å². The average Bonchev–Trinajstić information content (AvgIpc) is 2.82. The molecule has 0 aliphatic carbocycles. The molecule has 0 radical (unpaired) electrons. The quantitative estimate of drug-likeness (QED) is 0.762. The number of aryl methyl sites for hydroxylation is 1. The first-order valence-corrected chi connectivity index (χ1v) is 6.41. The summed E-state index contributed by atoms with van der Waals surface area (Å²) in [5.41, 5.74) is 1.85. The predicted octanol–water partition coefficient (Wildman–Crippen LogP) is 1.36. The Morgan fingerprint density at radius 3 is 2.84 bits per heavy atom. The highest BCUT2D eigenvalue weighted by Crippen LogP contribution is 2.22. The highest BCUT2D eigenvalue weighted by molar-refractivity contribution is 5.96. The molecule has 2 aromatic rings. The normalized spacial score (nSPS) is 13.9. The van der Waals surface area contributed by atoms with Crippen LogP contribution in [0.15, 0.2) is 16.9 Å². The van der Waals surface area contributed by atoms with Gasteiger partial charge in [0.1, 0.15) is 0 Å². The molecule has 5 nitrogen and oxygen atoms in total. The van der Waals surface area contributed by atoms with Crippen LogP contribution < -0.4 is 10.5 Å². The molecule has 1 aromatic carbocycles. The molecule has 0 saturated carbocycles. The van der Waals surface area contributed by atoms with Crippen LogP contribution in [0.5, 0.6) is 0 Å². The zero-order valence-electron chi connectivity index (χ0n) is 11.0. The summed E-state index contributed by atoms with van der Waals surface area (Å²) in [5, 5.41) is 0.531. The van der Waals surface area contributed by atoms with Crippen molar-refractivity contribution in [3.05, 3.63) is 33.6 Å². The van der Waals surface area contributed by atoms with E-state index in [2.05, 4.69) is 9.88 Å². The molecule has 1 aliphatic heterocycles. The SMILES string of the molecule is CCN1CCn2c1nc1c(C=O)cc(C)cc1c2=O. The van der Waals surface area contributed by atoms with E-state index in [1.165, 1.54) is 0 Å². The lowest BCUT2D eigenvalue weighted by molar-refractivity contribution is 0.112. The van der Waals surface area contributed by atoms with Crippen molar-refractivity contribution in [1.29, 1.82) is 0 Å². The Balaban J connectivity index is 2.42. The number of fused-ring (bicyclic) bond motifs is 2. The van der Waals surface area contributed by atoms with Crippen molar-refractivity contribution in [3.8, 4) is 0 Å². The standard InChI is InChI=1S/C14H15N3O2/c1-3-16-4-5-17-13(19)11-7-9(2)6-10(8-18)12(11)15-14(16)17/h6-8H,3-5H2,1-2H3. The van der Waals surface area contributed by atoms with E-state index in [0.29, 0.717) is 29.0 Å². The number of rotatable bonds is 2. The van der Waals surface area contributed by atoms with Crippen LogP contribution in [0.4, 0.5) is 5.95 Å². The molecule has 1 aliphatic rings. The molecule has 0 bridgehead atoms. The maximum absolute atomic E-state index is 12.5. The van der Waals surface area contributed by atoms with Gasteiger partial charge in [0, 0.05) is 25.2 Å². The van der Waals surface area contributed by atoms with Gasteiger partial charge in [-0.2, -0.15) is 0 Å². The van der Waals surface area contributed by atoms with E-state index in [9.17, 15) is 9.59 Å². The van der Waals surface area contributed by atoms with Gasteiger partial charge in [-0.1, -0.05) is 0 Å². The summed E-state index contributed by atoms with van der Waals surface area (Å²) >= 11 is 0. The van der Waals surface area contributed by atoms with Gasteiger partial charge in [-0.15, -0.1) is 0 Å². The summed E-state index contributed by atoms with van der Waals surface area (Å²) in [6, 6.07) is 3.57. The van der Waals surface area contributed by atoms with Gasteiger partial charge in [-0.25, -0.2) is 4.98 Å². The summed E-state index contributed by atoms with van der Waals surface area (Å²) in [6.45, 7) is 6.17. The summed E-state index contributed by atoms with van der Waals surface area (Å²) in [4.78, 5) is 30.2. The van der Waals surface area contributed by atoms with Gasteiger partial charge in [0.2, 0.25) is 5.95 Å². The maximum atomic E-state index is 12.5. The molecule has 0 atom stereocenters. The van der Waals surface area contributed by atoms with E-state index in [1.807, 2.05) is 13.8 Å². The van der Waals surface area contributed by atoms with E-state index in [-0.39, 0.29) is 5.56 Å². The number of benzene rings is 1. The molecule has 0 N–H and O–H groups in total. The largest absolute Gasteiger partial charge is 0.341 e. The van der Waals surface area contributed by atoms with Crippen LogP contribution in [0.3, 0.4) is 0 Å². The molecule has 0 spiro atoms. The van der Waals surface area contributed by atoms with Crippen LogP contribution >= 0.6 is 0 Å². The molecule has 19 heavy (non-hydrogen) atoms. The first kappa shape index (κ1) is 11.9. The second-order valence-electron chi connectivity index (χ2n) is 4.82. The molecule has 2 heterocycles. The lowest BCUT2D eigenvalue weighted by Gasteiger charge is -2.15. The molecular formula is C14H15N3O2. The molecule has 0 amide bonds. The monoisotopic (exact) mass is 257 g/mol. The molecule has 0 unspecified atom stereocenters. The van der Waals surface area contributed by atoms with Gasteiger partial charge in [0.25, 0.3) is 5.56 Å². The smallest absolute Gasteiger partial charge is 0.262 e. The molecule has 0 saturated heterocycles. The van der Waals surface area contributed by atoms with Crippen LogP contribution in [-0.2, 0) is 6.54 Å². The second kappa shape index (κ2) is 4.19. The number of aromatic nitrogens is 2. The van der Waals surface area contributed by atoms with Gasteiger partial charge in [-0.3, -0.25) is 14.2 Å². The van der Waals surface area contributed by atoms with E-state index in [4.69, 9.17) is 0 Å². The third kappa shape index (κ3) is 1.65. The van der Waals surface area contributed by atoms with Crippen LogP contribution in [0.25, 0.3) is 10.9 Å². The average molecular weight is 257 g/mol. The van der Waals surface area contributed by atoms with Gasteiger partial charge < -0.3 is 4.90 Å². The summed E-state index contributed by atoms with van der Waals surface area (Å²) in [5.74, 6) is 0.673. The minimum Gasteiger partial charge on any atom is -0.341 e.